The van der Waals surface area contributed by atoms with Crippen molar-refractivity contribution in [2.24, 2.45) is 14.1 Å². The van der Waals surface area contributed by atoms with Crippen molar-refractivity contribution in [3.05, 3.63) is 145 Å². The highest BCUT2D eigenvalue weighted by Crippen LogP contribution is 2.27. The van der Waals surface area contributed by atoms with Crippen molar-refractivity contribution >= 4 is 68.4 Å². The molecule has 6 N–H and O–H groups in total. The normalized spacial score (nSPS) is 10.5. The van der Waals surface area contributed by atoms with Gasteiger partial charge in [0.15, 0.2) is 0 Å². The molecule has 0 saturated heterocycles. The number of anilines is 4. The Balaban J connectivity index is 0.000000186. The van der Waals surface area contributed by atoms with Crippen LogP contribution in [0.2, 0.25) is 0 Å². The van der Waals surface area contributed by atoms with E-state index >= 15 is 0 Å². The van der Waals surface area contributed by atoms with Crippen molar-refractivity contribution < 1.29 is 28.7 Å². The molecule has 0 bridgehead atoms. The molecular weight excluding hydrogens is 793 g/mol. The van der Waals surface area contributed by atoms with Crippen LogP contribution in [0, 0.1) is 0 Å². The van der Waals surface area contributed by atoms with Crippen LogP contribution in [0.3, 0.4) is 0 Å². The lowest BCUT2D eigenvalue weighted by Crippen LogP contribution is -2.19. The summed E-state index contributed by atoms with van der Waals surface area (Å²) < 4.78 is 15.1. The van der Waals surface area contributed by atoms with Gasteiger partial charge in [-0.1, -0.05) is 12.1 Å². The van der Waals surface area contributed by atoms with E-state index in [2.05, 4.69) is 52.1 Å². The summed E-state index contributed by atoms with van der Waals surface area (Å²) in [6, 6.07) is 30.6. The molecule has 4 heterocycles. The van der Waals surface area contributed by atoms with E-state index in [0.29, 0.717) is 45.7 Å². The summed E-state index contributed by atoms with van der Waals surface area (Å²) in [6.45, 7) is 0. The van der Waals surface area contributed by atoms with Gasteiger partial charge in [-0.2, -0.15) is 10.2 Å². The Morgan fingerprint density at radius 3 is 1.47 bits per heavy atom. The van der Waals surface area contributed by atoms with Crippen LogP contribution in [0.5, 0.6) is 23.0 Å². The van der Waals surface area contributed by atoms with Gasteiger partial charge in [-0.3, -0.25) is 28.9 Å². The molecule has 18 heteroatoms. The van der Waals surface area contributed by atoms with E-state index < -0.39 is 0 Å². The van der Waals surface area contributed by atoms with Gasteiger partial charge in [0.2, 0.25) is 0 Å². The zero-order valence-electron chi connectivity index (χ0n) is 33.8. The Labute approximate surface area is 354 Å². The SMILES string of the molecule is CNC(=O)c1cc(Oc2cccc(NC(=O)Nc3ccc4c(cnn4C)c3)c2)ccn1.CNC(=O)c1cc(Oc2cccc(NC(=O)Nc3ccc4cnn(C)c4c3)c2)ccn1. The van der Waals surface area contributed by atoms with Gasteiger partial charge in [-0.05, 0) is 72.8 Å². The summed E-state index contributed by atoms with van der Waals surface area (Å²) in [5, 5.41) is 26.5. The Morgan fingerprint density at radius 2 is 0.935 bits per heavy atom. The molecule has 0 spiro atoms. The molecular formula is C44H40N12O6. The van der Waals surface area contributed by atoms with Crippen LogP contribution in [0.15, 0.2) is 134 Å². The van der Waals surface area contributed by atoms with Gasteiger partial charge in [-0.15, -0.1) is 0 Å². The highest BCUT2D eigenvalue weighted by atomic mass is 16.5. The molecule has 0 saturated carbocycles. The lowest BCUT2D eigenvalue weighted by Gasteiger charge is -2.11. The second-order valence-corrected chi connectivity index (χ2v) is 13.4. The monoisotopic (exact) mass is 832 g/mol. The number of carbonyl (C=O) groups excluding carboxylic acids is 4. The van der Waals surface area contributed by atoms with Gasteiger partial charge < -0.3 is 41.4 Å². The largest absolute Gasteiger partial charge is 0.457 e. The van der Waals surface area contributed by atoms with Crippen LogP contribution in [0.1, 0.15) is 21.0 Å². The maximum Gasteiger partial charge on any atom is 0.323 e. The number of rotatable bonds is 10. The van der Waals surface area contributed by atoms with Crippen LogP contribution in [0.25, 0.3) is 21.8 Å². The smallest absolute Gasteiger partial charge is 0.323 e. The number of aryl methyl sites for hydroxylation is 2. The molecule has 4 aromatic heterocycles. The van der Waals surface area contributed by atoms with Crippen LogP contribution >= 0.6 is 0 Å². The number of nitrogens with zero attached hydrogens (tertiary/aromatic N) is 6. The van der Waals surface area contributed by atoms with E-state index in [4.69, 9.17) is 9.47 Å². The second-order valence-electron chi connectivity index (χ2n) is 13.4. The summed E-state index contributed by atoms with van der Waals surface area (Å²) >= 11 is 0. The van der Waals surface area contributed by atoms with Gasteiger partial charge in [0, 0.05) is 98.4 Å². The van der Waals surface area contributed by atoms with Crippen LogP contribution < -0.4 is 41.4 Å². The fraction of sp³-hybridized carbons (Fsp3) is 0.0909. The van der Waals surface area contributed by atoms with E-state index in [1.807, 2.05) is 50.5 Å². The number of fused-ring (bicyclic) bond motifs is 2. The summed E-state index contributed by atoms with van der Waals surface area (Å²) in [7, 11) is 6.78. The first-order valence-electron chi connectivity index (χ1n) is 18.9. The molecule has 0 fully saturated rings. The van der Waals surface area contributed by atoms with Crippen molar-refractivity contribution in [1.29, 1.82) is 0 Å². The second kappa shape index (κ2) is 18.9. The maximum atomic E-state index is 12.4. The molecule has 8 rings (SSSR count). The van der Waals surface area contributed by atoms with Crippen LogP contribution in [-0.2, 0) is 14.1 Å². The first-order valence-corrected chi connectivity index (χ1v) is 18.9. The number of nitrogens with one attached hydrogen (secondary N) is 6. The molecule has 0 aliphatic carbocycles. The summed E-state index contributed by atoms with van der Waals surface area (Å²) in [5.41, 5.74) is 4.81. The molecule has 0 aliphatic rings. The number of hydrogen-bond acceptors (Lipinski definition) is 10. The van der Waals surface area contributed by atoms with Crippen molar-refractivity contribution in [2.75, 3.05) is 35.4 Å². The molecule has 62 heavy (non-hydrogen) atoms. The van der Waals surface area contributed by atoms with E-state index in [0.717, 1.165) is 21.8 Å². The van der Waals surface area contributed by atoms with Crippen molar-refractivity contribution in [3.8, 4) is 23.0 Å². The third-order valence-corrected chi connectivity index (χ3v) is 9.05. The topological polar surface area (TPSA) is 220 Å². The number of amides is 6. The molecule has 0 radical (unpaired) electrons. The first kappa shape index (κ1) is 41.4. The zero-order valence-corrected chi connectivity index (χ0v) is 33.8. The lowest BCUT2D eigenvalue weighted by atomic mass is 10.2. The lowest BCUT2D eigenvalue weighted by molar-refractivity contribution is 0.0950. The molecule has 4 aromatic carbocycles. The summed E-state index contributed by atoms with van der Waals surface area (Å²) in [4.78, 5) is 56.3. The standard InChI is InChI=1S/2C22H20N6O3/c1-23-21(29)19-12-18(8-9-24-19)31-17-5-3-4-15(11-17)26-22(30)27-16-6-7-20-14(10-16)13-25-28(20)2;1-23-21(29)19-12-18(8-9-24-19)31-17-5-3-4-15(10-17)26-22(30)27-16-7-6-14-13-25-28(2)20(14)11-16/h2*3-13H,1-2H3,(H,23,29)(H2,26,27,30). The minimum Gasteiger partial charge on any atom is -0.457 e. The van der Waals surface area contributed by atoms with Gasteiger partial charge >= 0.3 is 12.1 Å². The van der Waals surface area contributed by atoms with Gasteiger partial charge in [0.05, 0.1) is 23.4 Å². The summed E-state index contributed by atoms with van der Waals surface area (Å²) in [5.74, 6) is 1.32. The highest BCUT2D eigenvalue weighted by Gasteiger charge is 2.11. The predicted octanol–water partition coefficient (Wildman–Crippen LogP) is 7.53. The van der Waals surface area contributed by atoms with Crippen molar-refractivity contribution in [3.63, 3.8) is 0 Å². The van der Waals surface area contributed by atoms with Crippen molar-refractivity contribution in [1.82, 2.24) is 40.2 Å². The predicted molar refractivity (Wildman–Crippen MR) is 235 cm³/mol. The number of aromatic nitrogens is 6. The van der Waals surface area contributed by atoms with E-state index in [1.54, 1.807) is 94.6 Å². The molecule has 8 aromatic rings. The number of pyridine rings is 2. The van der Waals surface area contributed by atoms with E-state index in [9.17, 15) is 19.2 Å². The molecule has 0 atom stereocenters. The quantitative estimate of drug-likeness (QED) is 0.0795. The number of carbonyl (C=O) groups is 4. The van der Waals surface area contributed by atoms with E-state index in [1.165, 1.54) is 26.5 Å². The average molecular weight is 833 g/mol. The zero-order chi connectivity index (χ0) is 43.6. The molecule has 0 aliphatic heterocycles. The molecule has 18 nitrogen and oxygen atoms in total. The van der Waals surface area contributed by atoms with E-state index in [-0.39, 0.29) is 35.3 Å². The first-order chi connectivity index (χ1) is 30.0. The van der Waals surface area contributed by atoms with Gasteiger partial charge in [0.1, 0.15) is 34.4 Å². The highest BCUT2D eigenvalue weighted by molar-refractivity contribution is 6.02. The minimum atomic E-state index is -0.385. The fourth-order valence-corrected chi connectivity index (χ4v) is 6.05. The Kier molecular flexibility index (Phi) is 12.6. The van der Waals surface area contributed by atoms with Crippen LogP contribution in [0.4, 0.5) is 32.3 Å². The summed E-state index contributed by atoms with van der Waals surface area (Å²) in [6.07, 6.45) is 6.50. The third kappa shape index (κ3) is 10.4. The average Bonchev–Trinajstić information content (AvgIpc) is 3.83. The fourth-order valence-electron chi connectivity index (χ4n) is 6.05. The molecule has 6 amide bonds. The Hall–Kier alpha value is -8.80. The van der Waals surface area contributed by atoms with Gasteiger partial charge in [-0.25, -0.2) is 9.59 Å². The Bertz CT molecular complexity index is 2930. The van der Waals surface area contributed by atoms with Crippen molar-refractivity contribution in [2.45, 2.75) is 0 Å². The number of urea groups is 2. The van der Waals surface area contributed by atoms with Crippen LogP contribution in [-0.4, -0.2) is 67.5 Å². The number of hydrogen-bond donors (Lipinski definition) is 6. The minimum absolute atomic E-state index is 0.249. The molecule has 0 unspecified atom stereocenters. The number of benzene rings is 4. The Morgan fingerprint density at radius 1 is 0.484 bits per heavy atom. The van der Waals surface area contributed by atoms with Gasteiger partial charge in [0.25, 0.3) is 11.8 Å². The molecule has 312 valence electrons. The maximum absolute atomic E-state index is 12.4. The number of ether oxygens (including phenoxy) is 2. The third-order valence-electron chi connectivity index (χ3n) is 9.05.